The molecule has 1 unspecified atom stereocenters. The van der Waals surface area contributed by atoms with Gasteiger partial charge in [-0.1, -0.05) is 18.2 Å². The highest BCUT2D eigenvalue weighted by Crippen LogP contribution is 2.28. The molecule has 2 heterocycles. The lowest BCUT2D eigenvalue weighted by Gasteiger charge is -2.30. The van der Waals surface area contributed by atoms with Gasteiger partial charge in [-0.3, -0.25) is 9.59 Å². The molecule has 0 N–H and O–H groups in total. The number of hydrogen-bond acceptors (Lipinski definition) is 5. The molecule has 2 amide bonds. The lowest BCUT2D eigenvalue weighted by Crippen LogP contribution is -2.51. The summed E-state index contributed by atoms with van der Waals surface area (Å²) in [5.41, 5.74) is 1.83. The van der Waals surface area contributed by atoms with Crippen molar-refractivity contribution < 1.29 is 18.0 Å². The minimum absolute atomic E-state index is 0.0595. The molecule has 0 spiro atoms. The van der Waals surface area contributed by atoms with Gasteiger partial charge in [-0.2, -0.15) is 0 Å². The summed E-state index contributed by atoms with van der Waals surface area (Å²) in [6.07, 6.45) is 1.12. The summed E-state index contributed by atoms with van der Waals surface area (Å²) in [4.78, 5) is 30.8. The van der Waals surface area contributed by atoms with Crippen LogP contribution in [-0.4, -0.2) is 81.3 Å². The van der Waals surface area contributed by atoms with E-state index in [9.17, 15) is 18.0 Å². The maximum atomic E-state index is 13.0. The first-order valence-corrected chi connectivity index (χ1v) is 10.7. The lowest BCUT2D eigenvalue weighted by molar-refractivity contribution is -0.145. The molecule has 3 rings (SSSR count). The molecule has 142 valence electrons. The van der Waals surface area contributed by atoms with Gasteiger partial charge in [-0.15, -0.1) is 0 Å². The number of nitrogens with zero attached hydrogens (tertiary/aromatic N) is 3. The third-order valence-corrected chi connectivity index (χ3v) is 6.76. The normalized spacial score (nSPS) is 21.0. The predicted octanol–water partition coefficient (Wildman–Crippen LogP) is 0.153. The van der Waals surface area contributed by atoms with Gasteiger partial charge in [0.1, 0.15) is 0 Å². The van der Waals surface area contributed by atoms with Crippen molar-refractivity contribution in [3.63, 3.8) is 0 Å². The molecule has 0 saturated carbocycles. The molecule has 7 nitrogen and oxygen atoms in total. The second-order valence-corrected chi connectivity index (χ2v) is 9.42. The molecule has 1 aromatic carbocycles. The Morgan fingerprint density at radius 2 is 1.92 bits per heavy atom. The molecule has 1 aromatic rings. The fourth-order valence-electron chi connectivity index (χ4n) is 3.57. The monoisotopic (exact) mass is 379 g/mol. The number of carbonyl (C=O) groups excluding carboxylic acids is 2. The van der Waals surface area contributed by atoms with E-state index in [0.29, 0.717) is 26.1 Å². The van der Waals surface area contributed by atoms with E-state index in [1.807, 2.05) is 43.3 Å². The molecule has 8 heteroatoms. The molecule has 1 fully saturated rings. The minimum Gasteiger partial charge on any atom is -0.329 e. The van der Waals surface area contributed by atoms with Crippen molar-refractivity contribution in [3.8, 4) is 0 Å². The summed E-state index contributed by atoms with van der Waals surface area (Å²) in [5, 5.41) is 0. The van der Waals surface area contributed by atoms with E-state index in [4.69, 9.17) is 0 Å². The molecule has 2 aliphatic rings. The standard InChI is InChI=1S/C18H25N3O4S/c1-19(2)10-11-20(15-8-12-26(24,25)13-15)17(22)18(23)21-9-7-14-5-3-4-6-16(14)21/h3-6,15H,7-13H2,1-2H3. The zero-order valence-corrected chi connectivity index (χ0v) is 16.0. The quantitative estimate of drug-likeness (QED) is 0.696. The van der Waals surface area contributed by atoms with Crippen molar-refractivity contribution in [2.45, 2.75) is 18.9 Å². The Morgan fingerprint density at radius 1 is 1.19 bits per heavy atom. The smallest absolute Gasteiger partial charge is 0.316 e. The summed E-state index contributed by atoms with van der Waals surface area (Å²) in [6, 6.07) is 7.15. The van der Waals surface area contributed by atoms with E-state index in [-0.39, 0.29) is 11.5 Å². The van der Waals surface area contributed by atoms with Gasteiger partial charge < -0.3 is 14.7 Å². The number of rotatable bonds is 4. The van der Waals surface area contributed by atoms with Crippen molar-refractivity contribution in [2.24, 2.45) is 0 Å². The Morgan fingerprint density at radius 3 is 2.58 bits per heavy atom. The van der Waals surface area contributed by atoms with E-state index in [0.717, 1.165) is 17.7 Å². The molecule has 2 aliphatic heterocycles. The largest absolute Gasteiger partial charge is 0.329 e. The van der Waals surface area contributed by atoms with Crippen LogP contribution in [0.1, 0.15) is 12.0 Å². The zero-order chi connectivity index (χ0) is 18.9. The summed E-state index contributed by atoms with van der Waals surface area (Å²) < 4.78 is 23.7. The van der Waals surface area contributed by atoms with Gasteiger partial charge in [0.15, 0.2) is 9.84 Å². The Hall–Kier alpha value is -1.93. The fraction of sp³-hybridized carbons (Fsp3) is 0.556. The van der Waals surface area contributed by atoms with E-state index in [1.54, 1.807) is 0 Å². The fourth-order valence-corrected chi connectivity index (χ4v) is 5.30. The summed E-state index contributed by atoms with van der Waals surface area (Å²) in [6.45, 7) is 1.40. The zero-order valence-electron chi connectivity index (χ0n) is 15.2. The number of amides is 2. The Balaban J connectivity index is 1.79. The van der Waals surface area contributed by atoms with Crippen molar-refractivity contribution in [3.05, 3.63) is 29.8 Å². The third kappa shape index (κ3) is 3.91. The molecule has 0 aromatic heterocycles. The van der Waals surface area contributed by atoms with Gasteiger partial charge in [-0.05, 0) is 38.6 Å². The van der Waals surface area contributed by atoms with Crippen LogP contribution in [0.5, 0.6) is 0 Å². The molecule has 1 saturated heterocycles. The van der Waals surface area contributed by atoms with Crippen LogP contribution in [-0.2, 0) is 25.8 Å². The van der Waals surface area contributed by atoms with Crippen LogP contribution in [0.3, 0.4) is 0 Å². The number of anilines is 1. The second-order valence-electron chi connectivity index (χ2n) is 7.19. The van der Waals surface area contributed by atoms with Gasteiger partial charge in [0.25, 0.3) is 0 Å². The maximum absolute atomic E-state index is 13.0. The number of para-hydroxylation sites is 1. The number of fused-ring (bicyclic) bond motifs is 1. The first kappa shape index (κ1) is 18.8. The van der Waals surface area contributed by atoms with Crippen LogP contribution >= 0.6 is 0 Å². The topological polar surface area (TPSA) is 78.0 Å². The number of sulfone groups is 1. The maximum Gasteiger partial charge on any atom is 0.316 e. The van der Waals surface area contributed by atoms with E-state index in [1.165, 1.54) is 9.80 Å². The molecule has 0 bridgehead atoms. The Bertz CT molecular complexity index is 806. The Labute approximate surface area is 154 Å². The number of carbonyl (C=O) groups is 2. The molecule has 0 aliphatic carbocycles. The van der Waals surface area contributed by atoms with Crippen LogP contribution in [0.15, 0.2) is 24.3 Å². The van der Waals surface area contributed by atoms with Crippen molar-refractivity contribution in [2.75, 3.05) is 50.1 Å². The molecular formula is C18H25N3O4S. The Kier molecular flexibility index (Phi) is 5.34. The first-order chi connectivity index (χ1) is 12.3. The average molecular weight is 379 g/mol. The summed E-state index contributed by atoms with van der Waals surface area (Å²) >= 11 is 0. The van der Waals surface area contributed by atoms with Crippen molar-refractivity contribution >= 4 is 27.3 Å². The number of benzene rings is 1. The molecule has 26 heavy (non-hydrogen) atoms. The van der Waals surface area contributed by atoms with Crippen LogP contribution in [0.4, 0.5) is 5.69 Å². The van der Waals surface area contributed by atoms with E-state index in [2.05, 4.69) is 0 Å². The van der Waals surface area contributed by atoms with E-state index < -0.39 is 27.7 Å². The van der Waals surface area contributed by atoms with Crippen LogP contribution in [0, 0.1) is 0 Å². The van der Waals surface area contributed by atoms with Gasteiger partial charge in [0.05, 0.1) is 11.5 Å². The van der Waals surface area contributed by atoms with Gasteiger partial charge in [0, 0.05) is 31.4 Å². The van der Waals surface area contributed by atoms with E-state index >= 15 is 0 Å². The average Bonchev–Trinajstić information content (AvgIpc) is 3.17. The molecule has 0 radical (unpaired) electrons. The van der Waals surface area contributed by atoms with Crippen molar-refractivity contribution in [1.82, 2.24) is 9.80 Å². The summed E-state index contributed by atoms with van der Waals surface area (Å²) in [5.74, 6) is -1.16. The van der Waals surface area contributed by atoms with Crippen LogP contribution in [0.25, 0.3) is 0 Å². The highest BCUT2D eigenvalue weighted by atomic mass is 32.2. The highest BCUT2D eigenvalue weighted by molar-refractivity contribution is 7.91. The molecular weight excluding hydrogens is 354 g/mol. The highest BCUT2D eigenvalue weighted by Gasteiger charge is 2.39. The predicted molar refractivity (Wildman–Crippen MR) is 99.8 cm³/mol. The molecule has 1 atom stereocenters. The number of likely N-dealkylation sites (N-methyl/N-ethyl adjacent to an activating group) is 1. The lowest BCUT2D eigenvalue weighted by atomic mass is 10.2. The number of hydrogen-bond donors (Lipinski definition) is 0. The van der Waals surface area contributed by atoms with Gasteiger partial charge >= 0.3 is 11.8 Å². The summed E-state index contributed by atoms with van der Waals surface area (Å²) in [7, 11) is 0.625. The van der Waals surface area contributed by atoms with Gasteiger partial charge in [-0.25, -0.2) is 8.42 Å². The minimum atomic E-state index is -3.14. The van der Waals surface area contributed by atoms with Crippen molar-refractivity contribution in [1.29, 1.82) is 0 Å². The second kappa shape index (κ2) is 7.36. The third-order valence-electron chi connectivity index (χ3n) is 5.01. The van der Waals surface area contributed by atoms with Crippen LogP contribution in [0.2, 0.25) is 0 Å². The van der Waals surface area contributed by atoms with Crippen LogP contribution < -0.4 is 4.90 Å². The van der Waals surface area contributed by atoms with Gasteiger partial charge in [0.2, 0.25) is 0 Å². The first-order valence-electron chi connectivity index (χ1n) is 8.84. The SMILES string of the molecule is CN(C)CCN(C(=O)C(=O)N1CCc2ccccc21)C1CCS(=O)(=O)C1.